The third-order valence-electron chi connectivity index (χ3n) is 3.02. The zero-order valence-corrected chi connectivity index (χ0v) is 12.8. The van der Waals surface area contributed by atoms with E-state index in [1.54, 1.807) is 24.3 Å². The Hall–Kier alpha value is -2.11. The van der Waals surface area contributed by atoms with Crippen molar-refractivity contribution in [1.29, 1.82) is 0 Å². The number of aromatic nitrogens is 1. The first-order valence-corrected chi connectivity index (χ1v) is 7.46. The van der Waals surface area contributed by atoms with E-state index in [-0.39, 0.29) is 5.91 Å². The molecule has 0 unspecified atom stereocenters. The first-order chi connectivity index (χ1) is 10.0. The Morgan fingerprint density at radius 2 is 2.14 bits per heavy atom. The molecule has 4 nitrogen and oxygen atoms in total. The van der Waals surface area contributed by atoms with Gasteiger partial charge in [-0.3, -0.25) is 4.79 Å². The second-order valence-corrected chi connectivity index (χ2v) is 6.05. The van der Waals surface area contributed by atoms with E-state index in [4.69, 9.17) is 17.3 Å². The van der Waals surface area contributed by atoms with Crippen molar-refractivity contribution in [2.45, 2.75) is 6.92 Å². The van der Waals surface area contributed by atoms with E-state index in [0.29, 0.717) is 21.3 Å². The number of aryl methyl sites for hydroxylation is 1. The van der Waals surface area contributed by atoms with E-state index in [2.05, 4.69) is 10.3 Å². The van der Waals surface area contributed by atoms with Gasteiger partial charge in [0.05, 0.1) is 5.69 Å². The lowest BCUT2D eigenvalue weighted by Gasteiger charge is -2.04. The fraction of sp³-hybridized carbons (Fsp3) is 0.0667. The zero-order valence-electron chi connectivity index (χ0n) is 11.2. The van der Waals surface area contributed by atoms with Crippen LogP contribution in [0.25, 0.3) is 10.2 Å². The van der Waals surface area contributed by atoms with E-state index < -0.39 is 0 Å². The Balaban J connectivity index is 1.96. The number of nitrogen functional groups attached to an aromatic ring is 1. The molecule has 0 aliphatic carbocycles. The van der Waals surface area contributed by atoms with Crippen molar-refractivity contribution in [3.63, 3.8) is 0 Å². The Morgan fingerprint density at radius 3 is 2.90 bits per heavy atom. The fourth-order valence-electron chi connectivity index (χ4n) is 2.01. The van der Waals surface area contributed by atoms with Gasteiger partial charge in [-0.2, -0.15) is 0 Å². The third-order valence-corrected chi connectivity index (χ3v) is 4.37. The van der Waals surface area contributed by atoms with Crippen LogP contribution in [0.1, 0.15) is 15.4 Å². The molecule has 1 aromatic carbocycles. The summed E-state index contributed by atoms with van der Waals surface area (Å²) >= 11 is 7.19. The molecule has 0 fully saturated rings. The molecule has 1 amide bonds. The monoisotopic (exact) mass is 317 g/mol. The van der Waals surface area contributed by atoms with Crippen LogP contribution in [0.2, 0.25) is 5.02 Å². The summed E-state index contributed by atoms with van der Waals surface area (Å²) in [5, 5.41) is 4.17. The number of nitrogens with one attached hydrogen (secondary N) is 1. The average molecular weight is 318 g/mol. The molecule has 21 heavy (non-hydrogen) atoms. The number of carbonyl (C=O) groups is 1. The summed E-state index contributed by atoms with van der Waals surface area (Å²) in [5.41, 5.74) is 8.04. The topological polar surface area (TPSA) is 68.0 Å². The molecule has 0 bridgehead atoms. The number of thiophene rings is 1. The second kappa shape index (κ2) is 5.35. The highest BCUT2D eigenvalue weighted by atomic mass is 35.5. The Morgan fingerprint density at radius 1 is 1.33 bits per heavy atom. The number of amides is 1. The molecule has 2 heterocycles. The second-order valence-electron chi connectivity index (χ2n) is 4.61. The summed E-state index contributed by atoms with van der Waals surface area (Å²) in [7, 11) is 0. The van der Waals surface area contributed by atoms with Gasteiger partial charge in [0.2, 0.25) is 0 Å². The van der Waals surface area contributed by atoms with Crippen molar-refractivity contribution in [2.75, 3.05) is 11.1 Å². The highest BCUT2D eigenvalue weighted by Gasteiger charge is 2.17. The van der Waals surface area contributed by atoms with Gasteiger partial charge in [0.1, 0.15) is 9.71 Å². The Bertz CT molecular complexity index is 844. The molecule has 0 saturated carbocycles. The first kappa shape index (κ1) is 13.9. The molecule has 3 aromatic rings. The summed E-state index contributed by atoms with van der Waals surface area (Å²) < 4.78 is 0. The molecule has 6 heteroatoms. The van der Waals surface area contributed by atoms with E-state index in [1.165, 1.54) is 11.3 Å². The number of fused-ring (bicyclic) bond motifs is 1. The van der Waals surface area contributed by atoms with Gasteiger partial charge in [0.15, 0.2) is 0 Å². The Labute approximate surface area is 130 Å². The van der Waals surface area contributed by atoms with Gasteiger partial charge >= 0.3 is 0 Å². The molecule has 3 N–H and O–H groups in total. The van der Waals surface area contributed by atoms with E-state index >= 15 is 0 Å². The van der Waals surface area contributed by atoms with Gasteiger partial charge in [0, 0.05) is 21.8 Å². The number of halogens is 1. The summed E-state index contributed by atoms with van der Waals surface area (Å²) in [6.07, 6.45) is 0. The molecular formula is C15H12ClN3OS. The van der Waals surface area contributed by atoms with Crippen molar-refractivity contribution in [2.24, 2.45) is 0 Å². The minimum atomic E-state index is -0.254. The number of anilines is 2. The van der Waals surface area contributed by atoms with Crippen LogP contribution in [0.15, 0.2) is 36.4 Å². The molecule has 0 radical (unpaired) electrons. The van der Waals surface area contributed by atoms with Crippen LogP contribution in [-0.4, -0.2) is 10.9 Å². The number of nitrogens with two attached hydrogens (primary N) is 1. The van der Waals surface area contributed by atoms with Gasteiger partial charge in [-0.1, -0.05) is 17.7 Å². The van der Waals surface area contributed by atoms with Gasteiger partial charge in [-0.15, -0.1) is 11.3 Å². The number of benzene rings is 1. The van der Waals surface area contributed by atoms with Crippen LogP contribution in [-0.2, 0) is 0 Å². The number of hydrogen-bond donors (Lipinski definition) is 2. The third kappa shape index (κ3) is 2.70. The summed E-state index contributed by atoms with van der Waals surface area (Å²) in [6, 6.07) is 10.7. The molecule has 0 spiro atoms. The maximum atomic E-state index is 12.3. The fourth-order valence-corrected chi connectivity index (χ4v) is 3.24. The quantitative estimate of drug-likeness (QED) is 0.748. The standard InChI is InChI=1S/C15H12ClN3OS/c1-8-5-6-11-12(17)13(21-15(11)18-8)14(20)19-10-4-2-3-9(16)7-10/h2-7H,17H2,1H3,(H,19,20). The molecule has 106 valence electrons. The maximum absolute atomic E-state index is 12.3. The molecule has 3 rings (SSSR count). The molecule has 0 atom stereocenters. The van der Waals surface area contributed by atoms with Crippen molar-refractivity contribution in [3.05, 3.63) is 52.0 Å². The van der Waals surface area contributed by atoms with E-state index in [0.717, 1.165) is 15.9 Å². The zero-order chi connectivity index (χ0) is 15.0. The van der Waals surface area contributed by atoms with Crippen LogP contribution in [0.3, 0.4) is 0 Å². The van der Waals surface area contributed by atoms with Crippen LogP contribution in [0.4, 0.5) is 11.4 Å². The van der Waals surface area contributed by atoms with Crippen LogP contribution in [0.5, 0.6) is 0 Å². The number of hydrogen-bond acceptors (Lipinski definition) is 4. The number of pyridine rings is 1. The number of rotatable bonds is 2. The van der Waals surface area contributed by atoms with Crippen molar-refractivity contribution < 1.29 is 4.79 Å². The van der Waals surface area contributed by atoms with Gasteiger partial charge < -0.3 is 11.1 Å². The number of carbonyl (C=O) groups excluding carboxylic acids is 1. The molecule has 0 aliphatic heterocycles. The minimum absolute atomic E-state index is 0.254. The summed E-state index contributed by atoms with van der Waals surface area (Å²) in [5.74, 6) is -0.254. The van der Waals surface area contributed by atoms with Crippen molar-refractivity contribution in [1.82, 2.24) is 4.98 Å². The predicted molar refractivity (Wildman–Crippen MR) is 88.2 cm³/mol. The maximum Gasteiger partial charge on any atom is 0.267 e. The van der Waals surface area contributed by atoms with E-state index in [9.17, 15) is 4.79 Å². The van der Waals surface area contributed by atoms with Crippen LogP contribution >= 0.6 is 22.9 Å². The predicted octanol–water partition coefficient (Wildman–Crippen LogP) is 4.09. The normalized spacial score (nSPS) is 10.8. The smallest absolute Gasteiger partial charge is 0.267 e. The molecule has 0 saturated heterocycles. The highest BCUT2D eigenvalue weighted by molar-refractivity contribution is 7.21. The first-order valence-electron chi connectivity index (χ1n) is 6.27. The lowest BCUT2D eigenvalue weighted by molar-refractivity contribution is 0.103. The van der Waals surface area contributed by atoms with Crippen LogP contribution in [0, 0.1) is 6.92 Å². The van der Waals surface area contributed by atoms with Crippen LogP contribution < -0.4 is 11.1 Å². The largest absolute Gasteiger partial charge is 0.397 e. The summed E-state index contributed by atoms with van der Waals surface area (Å²) in [4.78, 5) is 18.0. The number of nitrogens with zero attached hydrogens (tertiary/aromatic N) is 1. The average Bonchev–Trinajstić information content (AvgIpc) is 2.75. The van der Waals surface area contributed by atoms with Crippen molar-refractivity contribution >= 4 is 50.4 Å². The van der Waals surface area contributed by atoms with E-state index in [1.807, 2.05) is 19.1 Å². The summed E-state index contributed by atoms with van der Waals surface area (Å²) in [6.45, 7) is 1.90. The lowest BCUT2D eigenvalue weighted by atomic mass is 10.2. The Kier molecular flexibility index (Phi) is 3.53. The molecule has 0 aliphatic rings. The van der Waals surface area contributed by atoms with Gasteiger partial charge in [-0.05, 0) is 37.3 Å². The van der Waals surface area contributed by atoms with Gasteiger partial charge in [0.25, 0.3) is 5.91 Å². The SMILES string of the molecule is Cc1ccc2c(N)c(C(=O)Nc3cccc(Cl)c3)sc2n1. The highest BCUT2D eigenvalue weighted by Crippen LogP contribution is 2.33. The van der Waals surface area contributed by atoms with Crippen molar-refractivity contribution in [3.8, 4) is 0 Å². The molecular weight excluding hydrogens is 306 g/mol. The molecule has 2 aromatic heterocycles. The minimum Gasteiger partial charge on any atom is -0.397 e. The lowest BCUT2D eigenvalue weighted by Crippen LogP contribution is -2.11. The van der Waals surface area contributed by atoms with Gasteiger partial charge in [-0.25, -0.2) is 4.98 Å².